The molecule has 2 aliphatic rings. The summed E-state index contributed by atoms with van der Waals surface area (Å²) in [5.41, 5.74) is 0.995. The van der Waals surface area contributed by atoms with Gasteiger partial charge >= 0.3 is 0 Å². The molecule has 2 heterocycles. The summed E-state index contributed by atoms with van der Waals surface area (Å²) < 4.78 is 28.8. The smallest absolute Gasteiger partial charge is 0.282 e. The minimum atomic E-state index is -3.39. The number of hydrogen-bond acceptors (Lipinski definition) is 3. The van der Waals surface area contributed by atoms with Crippen LogP contribution >= 0.6 is 0 Å². The zero-order valence-corrected chi connectivity index (χ0v) is 15.5. The van der Waals surface area contributed by atoms with Crippen molar-refractivity contribution in [2.24, 2.45) is 0 Å². The van der Waals surface area contributed by atoms with E-state index >= 15 is 0 Å². The molecule has 1 aromatic rings. The largest absolute Gasteiger partial charge is 0.341 e. The predicted molar refractivity (Wildman–Crippen MR) is 97.3 cm³/mol. The third kappa shape index (κ3) is 4.59. The predicted octanol–water partition coefficient (Wildman–Crippen LogP) is 1.49. The Kier molecular flexibility index (Phi) is 6.09. The molecule has 1 aromatic carbocycles. The first kappa shape index (κ1) is 18.4. The topological polar surface area (TPSA) is 60.9 Å². The van der Waals surface area contributed by atoms with Crippen molar-refractivity contribution in [2.45, 2.75) is 32.1 Å². The summed E-state index contributed by atoms with van der Waals surface area (Å²) in [7, 11) is -3.39. The molecule has 2 fully saturated rings. The zero-order chi connectivity index (χ0) is 17.7. The van der Waals surface area contributed by atoms with Gasteiger partial charge < -0.3 is 4.90 Å². The van der Waals surface area contributed by atoms with E-state index in [0.717, 1.165) is 24.8 Å². The molecule has 0 aromatic heterocycles. The molecule has 138 valence electrons. The lowest BCUT2D eigenvalue weighted by Gasteiger charge is -2.31. The summed E-state index contributed by atoms with van der Waals surface area (Å²) in [4.78, 5) is 14.3. The zero-order valence-electron chi connectivity index (χ0n) is 14.6. The lowest BCUT2D eigenvalue weighted by Crippen LogP contribution is -2.47. The van der Waals surface area contributed by atoms with E-state index in [-0.39, 0.29) is 5.91 Å². The van der Waals surface area contributed by atoms with Crippen molar-refractivity contribution in [3.8, 4) is 0 Å². The summed E-state index contributed by atoms with van der Waals surface area (Å²) in [6.07, 6.45) is 4.05. The molecule has 6 nitrogen and oxygen atoms in total. The van der Waals surface area contributed by atoms with Crippen LogP contribution in [0.3, 0.4) is 0 Å². The minimum absolute atomic E-state index is 0.0726. The van der Waals surface area contributed by atoms with E-state index in [4.69, 9.17) is 0 Å². The van der Waals surface area contributed by atoms with E-state index in [2.05, 4.69) is 0 Å². The van der Waals surface area contributed by atoms with Crippen molar-refractivity contribution in [1.82, 2.24) is 13.5 Å². The number of carbonyl (C=O) groups is 1. The molecule has 7 heteroatoms. The normalized spacial score (nSPS) is 21.0. The average Bonchev–Trinajstić information content (AvgIpc) is 2.90. The van der Waals surface area contributed by atoms with Gasteiger partial charge in [-0.1, -0.05) is 36.8 Å². The maximum absolute atomic E-state index is 12.8. The van der Waals surface area contributed by atoms with Crippen molar-refractivity contribution in [3.63, 3.8) is 0 Å². The second-order valence-corrected chi connectivity index (χ2v) is 8.69. The standard InChI is InChI=1S/C18H27N3O3S/c22-18(16-17-8-3-1-4-9-17)19-10-7-13-21(15-14-19)25(23,24)20-11-5-2-6-12-20/h1,3-4,8-9H,2,5-7,10-16H2. The Bertz CT molecular complexity index is 672. The van der Waals surface area contributed by atoms with Crippen LogP contribution in [0.25, 0.3) is 0 Å². The first-order valence-electron chi connectivity index (χ1n) is 9.14. The average molecular weight is 365 g/mol. The highest BCUT2D eigenvalue weighted by Gasteiger charge is 2.32. The van der Waals surface area contributed by atoms with Crippen LogP contribution in [0.4, 0.5) is 0 Å². The highest BCUT2D eigenvalue weighted by atomic mass is 32.2. The molecule has 1 amide bonds. The molecule has 0 bridgehead atoms. The Morgan fingerprint density at radius 3 is 2.16 bits per heavy atom. The van der Waals surface area contributed by atoms with E-state index in [1.165, 1.54) is 0 Å². The number of nitrogens with zero attached hydrogens (tertiary/aromatic N) is 3. The molecule has 0 N–H and O–H groups in total. The van der Waals surface area contributed by atoms with Gasteiger partial charge in [0, 0.05) is 39.3 Å². The monoisotopic (exact) mass is 365 g/mol. The Labute approximate surface area is 150 Å². The van der Waals surface area contributed by atoms with E-state index in [0.29, 0.717) is 52.1 Å². The fraction of sp³-hybridized carbons (Fsp3) is 0.611. The molecule has 0 radical (unpaired) electrons. The van der Waals surface area contributed by atoms with Crippen LogP contribution in [0, 0.1) is 0 Å². The molecule has 0 saturated carbocycles. The molecular weight excluding hydrogens is 338 g/mol. The molecule has 0 atom stereocenters. The van der Waals surface area contributed by atoms with Crippen LogP contribution in [-0.2, 0) is 21.4 Å². The summed E-state index contributed by atoms with van der Waals surface area (Å²) in [5.74, 6) is 0.0726. The van der Waals surface area contributed by atoms with Gasteiger partial charge in [-0.2, -0.15) is 17.0 Å². The van der Waals surface area contributed by atoms with Gasteiger partial charge in [0.1, 0.15) is 0 Å². The lowest BCUT2D eigenvalue weighted by molar-refractivity contribution is -0.130. The second-order valence-electron chi connectivity index (χ2n) is 6.76. The summed E-state index contributed by atoms with van der Waals surface area (Å²) in [5, 5.41) is 0. The summed E-state index contributed by atoms with van der Waals surface area (Å²) >= 11 is 0. The van der Waals surface area contributed by atoms with Crippen molar-refractivity contribution in [1.29, 1.82) is 0 Å². The fourth-order valence-electron chi connectivity index (χ4n) is 3.52. The molecule has 25 heavy (non-hydrogen) atoms. The number of piperidine rings is 1. The van der Waals surface area contributed by atoms with Crippen molar-refractivity contribution >= 4 is 16.1 Å². The van der Waals surface area contributed by atoms with Crippen LogP contribution < -0.4 is 0 Å². The van der Waals surface area contributed by atoms with Gasteiger partial charge in [0.15, 0.2) is 0 Å². The Balaban J connectivity index is 1.59. The molecule has 0 aliphatic carbocycles. The van der Waals surface area contributed by atoms with Crippen molar-refractivity contribution in [2.75, 3.05) is 39.3 Å². The molecular formula is C18H27N3O3S. The first-order chi connectivity index (χ1) is 12.1. The van der Waals surface area contributed by atoms with Crippen LogP contribution in [0.5, 0.6) is 0 Å². The van der Waals surface area contributed by atoms with Crippen LogP contribution in [0.1, 0.15) is 31.2 Å². The number of amides is 1. The van der Waals surface area contributed by atoms with Crippen LogP contribution in [0.15, 0.2) is 30.3 Å². The second kappa shape index (κ2) is 8.29. The minimum Gasteiger partial charge on any atom is -0.341 e. The Morgan fingerprint density at radius 1 is 0.800 bits per heavy atom. The molecule has 0 unspecified atom stereocenters. The van der Waals surface area contributed by atoms with Crippen LogP contribution in [-0.4, -0.2) is 67.1 Å². The number of rotatable bonds is 4. The highest BCUT2D eigenvalue weighted by Crippen LogP contribution is 2.18. The van der Waals surface area contributed by atoms with Gasteiger partial charge in [0.25, 0.3) is 10.2 Å². The third-order valence-corrected chi connectivity index (χ3v) is 7.01. The molecule has 2 aliphatic heterocycles. The number of benzene rings is 1. The van der Waals surface area contributed by atoms with E-state index in [1.54, 1.807) is 13.5 Å². The summed E-state index contributed by atoms with van der Waals surface area (Å²) in [6.45, 7) is 3.22. The maximum Gasteiger partial charge on any atom is 0.282 e. The van der Waals surface area contributed by atoms with E-state index < -0.39 is 10.2 Å². The lowest BCUT2D eigenvalue weighted by atomic mass is 10.1. The molecule has 0 spiro atoms. The van der Waals surface area contributed by atoms with Crippen molar-refractivity contribution < 1.29 is 13.2 Å². The van der Waals surface area contributed by atoms with Crippen molar-refractivity contribution in [3.05, 3.63) is 35.9 Å². The van der Waals surface area contributed by atoms with Crippen LogP contribution in [0.2, 0.25) is 0 Å². The molecule has 3 rings (SSSR count). The van der Waals surface area contributed by atoms with E-state index in [1.807, 2.05) is 30.3 Å². The van der Waals surface area contributed by atoms with Gasteiger partial charge in [-0.25, -0.2) is 0 Å². The quantitative estimate of drug-likeness (QED) is 0.812. The van der Waals surface area contributed by atoms with Gasteiger partial charge in [0.05, 0.1) is 6.42 Å². The Hall–Kier alpha value is -1.44. The van der Waals surface area contributed by atoms with Gasteiger partial charge in [0.2, 0.25) is 5.91 Å². The third-order valence-electron chi connectivity index (χ3n) is 4.97. The van der Waals surface area contributed by atoms with Gasteiger partial charge in [-0.15, -0.1) is 0 Å². The van der Waals surface area contributed by atoms with E-state index in [9.17, 15) is 13.2 Å². The first-order valence-corrected chi connectivity index (χ1v) is 10.5. The SMILES string of the molecule is O=C(Cc1ccccc1)N1CCCN(S(=O)(=O)N2CCCCC2)CC1. The maximum atomic E-state index is 12.8. The number of hydrogen-bond donors (Lipinski definition) is 0. The summed E-state index contributed by atoms with van der Waals surface area (Å²) in [6, 6.07) is 9.69. The number of carbonyl (C=O) groups excluding carboxylic acids is 1. The molecule has 2 saturated heterocycles. The highest BCUT2D eigenvalue weighted by molar-refractivity contribution is 7.86. The van der Waals surface area contributed by atoms with Gasteiger partial charge in [-0.3, -0.25) is 4.79 Å². The Morgan fingerprint density at radius 2 is 1.44 bits per heavy atom. The van der Waals surface area contributed by atoms with Gasteiger partial charge in [-0.05, 0) is 24.8 Å². The fourth-order valence-corrected chi connectivity index (χ4v) is 5.23.